The third-order valence-electron chi connectivity index (χ3n) is 6.94. The van der Waals surface area contributed by atoms with E-state index in [-0.39, 0.29) is 30.4 Å². The number of hydrogen-bond acceptors (Lipinski definition) is 6. The van der Waals surface area contributed by atoms with E-state index in [9.17, 15) is 4.79 Å². The Morgan fingerprint density at radius 2 is 2.00 bits per heavy atom. The average molecular weight is 435 g/mol. The SMILES string of the molecule is C[C@H]1COCCN1c1nc2c(C(=O)NC3CC4CCCC(C3)N4C)cccc2o1.Cl. The zero-order valence-electron chi connectivity index (χ0n) is 17.7. The maximum absolute atomic E-state index is 13.1. The number of fused-ring (bicyclic) bond motifs is 3. The first kappa shape index (κ1) is 21.4. The number of ether oxygens (including phenoxy) is 1. The first-order chi connectivity index (χ1) is 14.1. The summed E-state index contributed by atoms with van der Waals surface area (Å²) in [6.07, 6.45) is 5.84. The molecule has 4 heterocycles. The molecule has 164 valence electrons. The van der Waals surface area contributed by atoms with Crippen LogP contribution in [-0.4, -0.2) is 66.8 Å². The van der Waals surface area contributed by atoms with Gasteiger partial charge in [-0.2, -0.15) is 4.98 Å². The largest absolute Gasteiger partial charge is 0.423 e. The smallest absolute Gasteiger partial charge is 0.298 e. The summed E-state index contributed by atoms with van der Waals surface area (Å²) in [5, 5.41) is 3.29. The van der Waals surface area contributed by atoms with Crippen LogP contribution in [0.3, 0.4) is 0 Å². The second-order valence-corrected chi connectivity index (χ2v) is 8.81. The van der Waals surface area contributed by atoms with Crippen LogP contribution in [0.25, 0.3) is 11.1 Å². The lowest BCUT2D eigenvalue weighted by Gasteiger charge is -2.47. The predicted molar refractivity (Wildman–Crippen MR) is 119 cm³/mol. The van der Waals surface area contributed by atoms with Gasteiger partial charge >= 0.3 is 0 Å². The molecular formula is C22H31ClN4O3. The fourth-order valence-corrected chi connectivity index (χ4v) is 5.25. The number of amides is 1. The molecule has 3 saturated heterocycles. The van der Waals surface area contributed by atoms with Gasteiger partial charge in [0.05, 0.1) is 24.8 Å². The fourth-order valence-electron chi connectivity index (χ4n) is 5.25. The lowest BCUT2D eigenvalue weighted by atomic mass is 9.82. The minimum atomic E-state index is -0.0434. The van der Waals surface area contributed by atoms with Crippen molar-refractivity contribution in [2.75, 3.05) is 31.7 Å². The minimum absolute atomic E-state index is 0. The molecule has 1 aromatic carbocycles. The van der Waals surface area contributed by atoms with Gasteiger partial charge in [0, 0.05) is 24.7 Å². The Kier molecular flexibility index (Phi) is 6.23. The molecule has 1 N–H and O–H groups in total. The summed E-state index contributed by atoms with van der Waals surface area (Å²) in [5.74, 6) is -0.0434. The van der Waals surface area contributed by atoms with E-state index in [0.29, 0.717) is 48.0 Å². The molecule has 3 atom stereocenters. The monoisotopic (exact) mass is 434 g/mol. The first-order valence-corrected chi connectivity index (χ1v) is 10.9. The van der Waals surface area contributed by atoms with E-state index >= 15 is 0 Å². The Bertz CT molecular complexity index is 890. The number of benzene rings is 1. The van der Waals surface area contributed by atoms with E-state index in [1.807, 2.05) is 18.2 Å². The number of nitrogens with zero attached hydrogens (tertiary/aromatic N) is 3. The maximum Gasteiger partial charge on any atom is 0.298 e. The number of carbonyl (C=O) groups excluding carboxylic acids is 1. The molecule has 0 saturated carbocycles. The minimum Gasteiger partial charge on any atom is -0.423 e. The molecule has 0 aliphatic carbocycles. The van der Waals surface area contributed by atoms with Crippen LogP contribution in [0.5, 0.6) is 0 Å². The van der Waals surface area contributed by atoms with Crippen molar-refractivity contribution in [3.63, 3.8) is 0 Å². The topological polar surface area (TPSA) is 70.8 Å². The normalized spacial score (nSPS) is 29.5. The van der Waals surface area contributed by atoms with Crippen LogP contribution >= 0.6 is 12.4 Å². The van der Waals surface area contributed by atoms with E-state index in [1.165, 1.54) is 19.3 Å². The number of rotatable bonds is 3. The Hall–Kier alpha value is -1.83. The van der Waals surface area contributed by atoms with Gasteiger partial charge in [-0.1, -0.05) is 12.5 Å². The van der Waals surface area contributed by atoms with Crippen LogP contribution in [0.2, 0.25) is 0 Å². The van der Waals surface area contributed by atoms with Gasteiger partial charge in [-0.05, 0) is 51.8 Å². The maximum atomic E-state index is 13.1. The van der Waals surface area contributed by atoms with Crippen LogP contribution in [0.4, 0.5) is 6.01 Å². The van der Waals surface area contributed by atoms with Crippen molar-refractivity contribution in [3.8, 4) is 0 Å². The van der Waals surface area contributed by atoms with Crippen molar-refractivity contribution < 1.29 is 13.9 Å². The standard InChI is InChI=1S/C22H30N4O3.ClH/c1-14-13-28-10-9-26(14)22-24-20-18(7-4-8-19(20)29-22)21(27)23-15-11-16-5-3-6-17(12-15)25(16)2;/h4,7-8,14-17H,3,5-6,9-13H2,1-2H3,(H,23,27);1H/t14-,15?,16?,17?;/m0./s1. The van der Waals surface area contributed by atoms with Gasteiger partial charge in [0.25, 0.3) is 11.9 Å². The molecule has 1 aromatic heterocycles. The number of halogens is 1. The van der Waals surface area contributed by atoms with E-state index in [1.54, 1.807) is 0 Å². The van der Waals surface area contributed by atoms with Crippen LogP contribution in [-0.2, 0) is 4.74 Å². The van der Waals surface area contributed by atoms with Gasteiger partial charge in [0.15, 0.2) is 5.58 Å². The molecule has 3 aliphatic heterocycles. The number of morpholine rings is 1. The van der Waals surface area contributed by atoms with Gasteiger partial charge in [0.2, 0.25) is 0 Å². The number of oxazole rings is 1. The van der Waals surface area contributed by atoms with Gasteiger partial charge in [-0.3, -0.25) is 4.79 Å². The lowest BCUT2D eigenvalue weighted by molar-refractivity contribution is 0.0463. The van der Waals surface area contributed by atoms with Crippen molar-refractivity contribution in [1.82, 2.24) is 15.2 Å². The van der Waals surface area contributed by atoms with Gasteiger partial charge in [-0.25, -0.2) is 0 Å². The molecule has 2 bridgehead atoms. The van der Waals surface area contributed by atoms with Crippen molar-refractivity contribution in [2.45, 2.75) is 63.2 Å². The van der Waals surface area contributed by atoms with Crippen LogP contribution in [0.1, 0.15) is 49.4 Å². The zero-order chi connectivity index (χ0) is 20.0. The van der Waals surface area contributed by atoms with Gasteiger partial charge in [-0.15, -0.1) is 12.4 Å². The van der Waals surface area contributed by atoms with E-state index in [4.69, 9.17) is 14.1 Å². The first-order valence-electron chi connectivity index (χ1n) is 10.9. The number of hydrogen-bond donors (Lipinski definition) is 1. The summed E-state index contributed by atoms with van der Waals surface area (Å²) < 4.78 is 11.5. The van der Waals surface area contributed by atoms with Gasteiger partial charge < -0.3 is 24.3 Å². The fraction of sp³-hybridized carbons (Fsp3) is 0.636. The third kappa shape index (κ3) is 3.90. The summed E-state index contributed by atoms with van der Waals surface area (Å²) in [6.45, 7) is 4.16. The Morgan fingerprint density at radius 3 is 2.73 bits per heavy atom. The van der Waals surface area contributed by atoms with Crippen LogP contribution < -0.4 is 10.2 Å². The summed E-state index contributed by atoms with van der Waals surface area (Å²) >= 11 is 0. The molecule has 8 heteroatoms. The van der Waals surface area contributed by atoms with Crippen molar-refractivity contribution in [3.05, 3.63) is 23.8 Å². The Balaban J connectivity index is 0.00000218. The zero-order valence-corrected chi connectivity index (χ0v) is 18.5. The summed E-state index contributed by atoms with van der Waals surface area (Å²) in [6, 6.07) is 7.79. The van der Waals surface area contributed by atoms with Crippen LogP contribution in [0, 0.1) is 0 Å². The molecule has 1 amide bonds. The highest BCUT2D eigenvalue weighted by Crippen LogP contribution is 2.33. The number of nitrogens with one attached hydrogen (secondary N) is 1. The molecule has 0 spiro atoms. The summed E-state index contributed by atoms with van der Waals surface area (Å²) in [7, 11) is 2.23. The third-order valence-corrected chi connectivity index (χ3v) is 6.94. The van der Waals surface area contributed by atoms with Crippen molar-refractivity contribution in [2.24, 2.45) is 0 Å². The highest BCUT2D eigenvalue weighted by Gasteiger charge is 2.36. The van der Waals surface area contributed by atoms with Crippen LogP contribution in [0.15, 0.2) is 22.6 Å². The Morgan fingerprint density at radius 1 is 1.23 bits per heavy atom. The number of aromatic nitrogens is 1. The highest BCUT2D eigenvalue weighted by atomic mass is 35.5. The molecule has 0 radical (unpaired) electrons. The molecule has 7 nitrogen and oxygen atoms in total. The molecular weight excluding hydrogens is 404 g/mol. The second-order valence-electron chi connectivity index (χ2n) is 8.81. The van der Waals surface area contributed by atoms with E-state index < -0.39 is 0 Å². The second kappa shape index (κ2) is 8.73. The van der Waals surface area contributed by atoms with Crippen molar-refractivity contribution in [1.29, 1.82) is 0 Å². The molecule has 2 unspecified atom stereocenters. The molecule has 3 aliphatic rings. The highest BCUT2D eigenvalue weighted by molar-refractivity contribution is 6.04. The molecule has 30 heavy (non-hydrogen) atoms. The lowest BCUT2D eigenvalue weighted by Crippen LogP contribution is -2.55. The molecule has 2 aromatic rings. The average Bonchev–Trinajstić information content (AvgIpc) is 3.13. The molecule has 3 fully saturated rings. The number of para-hydroxylation sites is 1. The van der Waals surface area contributed by atoms with Gasteiger partial charge in [0.1, 0.15) is 5.52 Å². The number of anilines is 1. The van der Waals surface area contributed by atoms with Crippen molar-refractivity contribution >= 4 is 35.4 Å². The number of carbonyl (C=O) groups is 1. The number of piperidine rings is 2. The summed E-state index contributed by atoms with van der Waals surface area (Å²) in [5.41, 5.74) is 1.90. The summed E-state index contributed by atoms with van der Waals surface area (Å²) in [4.78, 5) is 22.5. The molecule has 5 rings (SSSR count). The quantitative estimate of drug-likeness (QED) is 0.799. The van der Waals surface area contributed by atoms with E-state index in [2.05, 4.69) is 29.1 Å². The van der Waals surface area contributed by atoms with E-state index in [0.717, 1.165) is 19.4 Å². The predicted octanol–water partition coefficient (Wildman–Crippen LogP) is 3.22. The Labute approximate surface area is 183 Å².